The van der Waals surface area contributed by atoms with Crippen molar-refractivity contribution in [1.29, 1.82) is 0 Å². The highest BCUT2D eigenvalue weighted by atomic mass is 16.4. The number of aliphatic carboxylic acids is 1. The molecule has 0 radical (unpaired) electrons. The van der Waals surface area contributed by atoms with E-state index in [4.69, 9.17) is 0 Å². The number of carbonyl (C=O) groups is 2. The number of hydrogen-bond acceptors (Lipinski definition) is 3. The van der Waals surface area contributed by atoms with E-state index in [2.05, 4.69) is 5.32 Å². The van der Waals surface area contributed by atoms with Gasteiger partial charge in [-0.25, -0.2) is 4.79 Å². The van der Waals surface area contributed by atoms with Crippen molar-refractivity contribution in [2.75, 3.05) is 0 Å². The van der Waals surface area contributed by atoms with Gasteiger partial charge in [0.05, 0.1) is 0 Å². The Kier molecular flexibility index (Phi) is 5.30. The average Bonchev–Trinajstić information content (AvgIpc) is 2.29. The SMILES string of the molecule is CC(=O)/C=C(\C)N[C@@H](Cc1ccc(C)cc1)C(=O)O. The van der Waals surface area contributed by atoms with Gasteiger partial charge in [-0.2, -0.15) is 0 Å². The molecule has 0 amide bonds. The first kappa shape index (κ1) is 15.0. The van der Waals surface area contributed by atoms with Crippen molar-refractivity contribution in [2.45, 2.75) is 33.2 Å². The van der Waals surface area contributed by atoms with Crippen molar-refractivity contribution in [3.63, 3.8) is 0 Å². The van der Waals surface area contributed by atoms with E-state index in [0.29, 0.717) is 12.1 Å². The van der Waals surface area contributed by atoms with Gasteiger partial charge in [0.1, 0.15) is 6.04 Å². The molecule has 0 saturated carbocycles. The van der Waals surface area contributed by atoms with E-state index in [1.165, 1.54) is 13.0 Å². The largest absolute Gasteiger partial charge is 0.480 e. The summed E-state index contributed by atoms with van der Waals surface area (Å²) in [6.45, 7) is 5.10. The number of rotatable bonds is 6. The second kappa shape index (κ2) is 6.73. The second-order valence-corrected chi connectivity index (χ2v) is 4.66. The predicted octanol–water partition coefficient (Wildman–Crippen LogP) is 2.07. The van der Waals surface area contributed by atoms with Crippen LogP contribution < -0.4 is 5.32 Å². The van der Waals surface area contributed by atoms with E-state index in [1.807, 2.05) is 31.2 Å². The summed E-state index contributed by atoms with van der Waals surface area (Å²) in [5.41, 5.74) is 2.64. The van der Waals surface area contributed by atoms with Crippen molar-refractivity contribution >= 4 is 11.8 Å². The Balaban J connectivity index is 2.76. The summed E-state index contributed by atoms with van der Waals surface area (Å²) in [5.74, 6) is -1.04. The van der Waals surface area contributed by atoms with Crippen molar-refractivity contribution in [2.24, 2.45) is 0 Å². The molecule has 102 valence electrons. The lowest BCUT2D eigenvalue weighted by molar-refractivity contribution is -0.139. The Bertz CT molecular complexity index is 489. The van der Waals surface area contributed by atoms with Crippen LogP contribution in [0.2, 0.25) is 0 Å². The number of carbonyl (C=O) groups excluding carboxylic acids is 1. The van der Waals surface area contributed by atoms with Crippen LogP contribution in [0.15, 0.2) is 36.0 Å². The maximum absolute atomic E-state index is 11.2. The monoisotopic (exact) mass is 261 g/mol. The Morgan fingerprint density at radius 3 is 2.32 bits per heavy atom. The molecule has 0 aliphatic heterocycles. The lowest BCUT2D eigenvalue weighted by atomic mass is 10.0. The molecule has 0 aliphatic carbocycles. The number of allylic oxidation sites excluding steroid dienone is 2. The highest BCUT2D eigenvalue weighted by Crippen LogP contribution is 2.07. The first-order chi connectivity index (χ1) is 8.88. The minimum absolute atomic E-state index is 0.107. The number of ketones is 1. The Hall–Kier alpha value is -2.10. The summed E-state index contributed by atoms with van der Waals surface area (Å²) >= 11 is 0. The van der Waals surface area contributed by atoms with Gasteiger partial charge in [0.25, 0.3) is 0 Å². The van der Waals surface area contributed by atoms with Crippen LogP contribution in [0.25, 0.3) is 0 Å². The predicted molar refractivity (Wildman–Crippen MR) is 73.9 cm³/mol. The van der Waals surface area contributed by atoms with Crippen molar-refractivity contribution < 1.29 is 14.7 Å². The molecular formula is C15H19NO3. The third kappa shape index (κ3) is 5.38. The van der Waals surface area contributed by atoms with Crippen LogP contribution in [0.1, 0.15) is 25.0 Å². The van der Waals surface area contributed by atoms with E-state index in [1.54, 1.807) is 6.92 Å². The molecular weight excluding hydrogens is 242 g/mol. The van der Waals surface area contributed by atoms with Crippen molar-refractivity contribution in [3.05, 3.63) is 47.2 Å². The number of carboxylic acid groups (broad SMARTS) is 1. The average molecular weight is 261 g/mol. The van der Waals surface area contributed by atoms with Gasteiger partial charge in [0.2, 0.25) is 0 Å². The Labute approximate surface area is 113 Å². The third-order valence-corrected chi connectivity index (χ3v) is 2.68. The van der Waals surface area contributed by atoms with Gasteiger partial charge in [0, 0.05) is 12.1 Å². The lowest BCUT2D eigenvalue weighted by Gasteiger charge is -2.16. The van der Waals surface area contributed by atoms with Crippen LogP contribution in [0.5, 0.6) is 0 Å². The van der Waals surface area contributed by atoms with Crippen molar-refractivity contribution in [1.82, 2.24) is 5.32 Å². The first-order valence-corrected chi connectivity index (χ1v) is 6.12. The maximum atomic E-state index is 11.2. The fourth-order valence-electron chi connectivity index (χ4n) is 1.78. The van der Waals surface area contributed by atoms with E-state index in [0.717, 1.165) is 11.1 Å². The van der Waals surface area contributed by atoms with Crippen LogP contribution >= 0.6 is 0 Å². The van der Waals surface area contributed by atoms with Crippen LogP contribution in [-0.2, 0) is 16.0 Å². The molecule has 4 nitrogen and oxygen atoms in total. The molecule has 0 unspecified atom stereocenters. The quantitative estimate of drug-likeness (QED) is 0.769. The molecule has 4 heteroatoms. The summed E-state index contributed by atoms with van der Waals surface area (Å²) in [4.78, 5) is 22.2. The van der Waals surface area contributed by atoms with Crippen LogP contribution in [0, 0.1) is 6.92 Å². The summed E-state index contributed by atoms with van der Waals surface area (Å²) in [6, 6.07) is 6.99. The molecule has 2 N–H and O–H groups in total. The van der Waals surface area contributed by atoms with Crippen molar-refractivity contribution in [3.8, 4) is 0 Å². The molecule has 0 saturated heterocycles. The summed E-state index contributed by atoms with van der Waals surface area (Å²) in [7, 11) is 0. The normalized spacial score (nSPS) is 12.9. The zero-order valence-electron chi connectivity index (χ0n) is 11.4. The standard InChI is InChI=1S/C15H19NO3/c1-10-4-6-13(7-5-10)9-14(15(18)19)16-11(2)8-12(3)17/h4-8,14,16H,9H2,1-3H3,(H,18,19)/b11-8+/t14-/m0/s1. The van der Waals surface area contributed by atoms with Gasteiger partial charge in [0.15, 0.2) is 5.78 Å². The van der Waals surface area contributed by atoms with Gasteiger partial charge < -0.3 is 10.4 Å². The van der Waals surface area contributed by atoms with Gasteiger partial charge in [-0.1, -0.05) is 29.8 Å². The molecule has 19 heavy (non-hydrogen) atoms. The molecule has 1 atom stereocenters. The molecule has 0 heterocycles. The topological polar surface area (TPSA) is 66.4 Å². The maximum Gasteiger partial charge on any atom is 0.326 e. The number of nitrogens with one attached hydrogen (secondary N) is 1. The number of aryl methyl sites for hydroxylation is 1. The fourth-order valence-corrected chi connectivity index (χ4v) is 1.78. The highest BCUT2D eigenvalue weighted by molar-refractivity contribution is 5.88. The summed E-state index contributed by atoms with van der Waals surface area (Å²) in [5, 5.41) is 12.0. The van der Waals surface area contributed by atoms with Crippen LogP contribution in [-0.4, -0.2) is 22.9 Å². The summed E-state index contributed by atoms with van der Waals surface area (Å²) < 4.78 is 0. The molecule has 1 aromatic carbocycles. The first-order valence-electron chi connectivity index (χ1n) is 6.12. The third-order valence-electron chi connectivity index (χ3n) is 2.68. The fraction of sp³-hybridized carbons (Fsp3) is 0.333. The van der Waals surface area contributed by atoms with E-state index in [-0.39, 0.29) is 5.78 Å². The van der Waals surface area contributed by atoms with E-state index in [9.17, 15) is 14.7 Å². The Morgan fingerprint density at radius 2 is 1.84 bits per heavy atom. The molecule has 1 aromatic rings. The molecule has 0 aliphatic rings. The lowest BCUT2D eigenvalue weighted by Crippen LogP contribution is -2.37. The molecule has 0 spiro atoms. The van der Waals surface area contributed by atoms with Gasteiger partial charge in [-0.05, 0) is 32.4 Å². The minimum Gasteiger partial charge on any atom is -0.480 e. The summed E-state index contributed by atoms with van der Waals surface area (Å²) in [6.07, 6.45) is 1.77. The van der Waals surface area contributed by atoms with Gasteiger partial charge >= 0.3 is 5.97 Å². The van der Waals surface area contributed by atoms with E-state index < -0.39 is 12.0 Å². The molecule has 0 aromatic heterocycles. The van der Waals surface area contributed by atoms with Gasteiger partial charge in [-0.3, -0.25) is 4.79 Å². The van der Waals surface area contributed by atoms with E-state index >= 15 is 0 Å². The zero-order chi connectivity index (χ0) is 14.4. The number of hydrogen-bond donors (Lipinski definition) is 2. The van der Waals surface area contributed by atoms with Crippen LogP contribution in [0.4, 0.5) is 0 Å². The van der Waals surface area contributed by atoms with Gasteiger partial charge in [-0.15, -0.1) is 0 Å². The number of carboxylic acids is 1. The molecule has 0 bridgehead atoms. The smallest absolute Gasteiger partial charge is 0.326 e. The number of benzene rings is 1. The van der Waals surface area contributed by atoms with Crippen LogP contribution in [0.3, 0.4) is 0 Å². The zero-order valence-corrected chi connectivity index (χ0v) is 11.4. The minimum atomic E-state index is -0.933. The Morgan fingerprint density at radius 1 is 1.26 bits per heavy atom. The second-order valence-electron chi connectivity index (χ2n) is 4.66. The molecule has 0 fully saturated rings. The molecule has 1 rings (SSSR count). The highest BCUT2D eigenvalue weighted by Gasteiger charge is 2.17.